The SMILES string of the molecule is CCCN(CCN)C(=O)C1CC1c1ccccc1. The lowest BCUT2D eigenvalue weighted by molar-refractivity contribution is -0.132. The van der Waals surface area contributed by atoms with Crippen LogP contribution in [0.2, 0.25) is 0 Å². The molecule has 98 valence electrons. The number of hydrogen-bond donors (Lipinski definition) is 1. The molecule has 0 aliphatic heterocycles. The third-order valence-electron chi connectivity index (χ3n) is 3.54. The molecule has 1 fully saturated rings. The average molecular weight is 246 g/mol. The molecule has 2 unspecified atom stereocenters. The second-order valence-electron chi connectivity index (χ2n) is 4.97. The van der Waals surface area contributed by atoms with Crippen LogP contribution in [0.1, 0.15) is 31.2 Å². The van der Waals surface area contributed by atoms with E-state index in [9.17, 15) is 4.79 Å². The molecule has 2 atom stereocenters. The van der Waals surface area contributed by atoms with Crippen LogP contribution in [0.25, 0.3) is 0 Å². The molecule has 1 amide bonds. The minimum absolute atomic E-state index is 0.186. The zero-order chi connectivity index (χ0) is 13.0. The standard InChI is InChI=1S/C15H22N2O/c1-2-9-17(10-8-16)15(18)14-11-13(14)12-6-4-3-5-7-12/h3-7,13-14H,2,8-11,16H2,1H3. The van der Waals surface area contributed by atoms with Crippen LogP contribution in [0.5, 0.6) is 0 Å². The van der Waals surface area contributed by atoms with Gasteiger partial charge in [0.1, 0.15) is 0 Å². The van der Waals surface area contributed by atoms with Crippen molar-refractivity contribution in [3.63, 3.8) is 0 Å². The van der Waals surface area contributed by atoms with Crippen LogP contribution in [-0.2, 0) is 4.79 Å². The number of benzene rings is 1. The molecule has 2 rings (SSSR count). The quantitative estimate of drug-likeness (QED) is 0.834. The molecule has 2 N–H and O–H groups in total. The summed E-state index contributed by atoms with van der Waals surface area (Å²) >= 11 is 0. The van der Waals surface area contributed by atoms with E-state index in [0.29, 0.717) is 19.0 Å². The van der Waals surface area contributed by atoms with E-state index in [2.05, 4.69) is 19.1 Å². The fraction of sp³-hybridized carbons (Fsp3) is 0.533. The molecule has 3 heteroatoms. The summed E-state index contributed by atoms with van der Waals surface area (Å²) in [5.74, 6) is 0.900. The molecule has 0 bridgehead atoms. The summed E-state index contributed by atoms with van der Waals surface area (Å²) in [6.45, 7) is 4.16. The van der Waals surface area contributed by atoms with Crippen LogP contribution < -0.4 is 5.73 Å². The van der Waals surface area contributed by atoms with Gasteiger partial charge >= 0.3 is 0 Å². The normalized spacial score (nSPS) is 21.7. The first-order valence-electron chi connectivity index (χ1n) is 6.81. The van der Waals surface area contributed by atoms with Crippen molar-refractivity contribution in [1.29, 1.82) is 0 Å². The van der Waals surface area contributed by atoms with Gasteiger partial charge in [-0.3, -0.25) is 4.79 Å². The monoisotopic (exact) mass is 246 g/mol. The van der Waals surface area contributed by atoms with Crippen molar-refractivity contribution in [2.45, 2.75) is 25.7 Å². The van der Waals surface area contributed by atoms with Gasteiger partial charge in [0.05, 0.1) is 0 Å². The number of rotatable bonds is 6. The first-order chi connectivity index (χ1) is 8.77. The number of nitrogens with two attached hydrogens (primary N) is 1. The molecule has 1 aromatic carbocycles. The van der Waals surface area contributed by atoms with E-state index in [1.54, 1.807) is 0 Å². The lowest BCUT2D eigenvalue weighted by Crippen LogP contribution is -2.37. The summed E-state index contributed by atoms with van der Waals surface area (Å²) in [6.07, 6.45) is 1.99. The highest BCUT2D eigenvalue weighted by atomic mass is 16.2. The zero-order valence-electron chi connectivity index (χ0n) is 11.0. The Balaban J connectivity index is 1.95. The fourth-order valence-electron chi connectivity index (χ4n) is 2.53. The summed E-state index contributed by atoms with van der Waals surface area (Å²) < 4.78 is 0. The maximum absolute atomic E-state index is 12.3. The van der Waals surface area contributed by atoms with Gasteiger partial charge in [-0.2, -0.15) is 0 Å². The van der Waals surface area contributed by atoms with Gasteiger partial charge in [0.15, 0.2) is 0 Å². The molecule has 3 nitrogen and oxygen atoms in total. The largest absolute Gasteiger partial charge is 0.341 e. The highest BCUT2D eigenvalue weighted by Gasteiger charge is 2.45. The predicted octanol–water partition coefficient (Wildman–Crippen LogP) is 1.99. The van der Waals surface area contributed by atoms with Crippen LogP contribution in [0.3, 0.4) is 0 Å². The summed E-state index contributed by atoms with van der Waals surface area (Å²) in [6, 6.07) is 10.3. The molecule has 1 aliphatic rings. The fourth-order valence-corrected chi connectivity index (χ4v) is 2.53. The Morgan fingerprint density at radius 3 is 2.67 bits per heavy atom. The number of amides is 1. The van der Waals surface area contributed by atoms with Crippen LogP contribution in [0, 0.1) is 5.92 Å². The second kappa shape index (κ2) is 6.01. The lowest BCUT2D eigenvalue weighted by atomic mass is 10.1. The Hall–Kier alpha value is -1.35. The second-order valence-corrected chi connectivity index (χ2v) is 4.97. The Labute approximate surface area is 109 Å². The highest BCUT2D eigenvalue weighted by molar-refractivity contribution is 5.83. The van der Waals surface area contributed by atoms with E-state index in [0.717, 1.165) is 19.4 Å². The molecule has 18 heavy (non-hydrogen) atoms. The number of nitrogens with zero attached hydrogens (tertiary/aromatic N) is 1. The highest BCUT2D eigenvalue weighted by Crippen LogP contribution is 2.48. The summed E-state index contributed by atoms with van der Waals surface area (Å²) in [4.78, 5) is 14.3. The van der Waals surface area contributed by atoms with Gasteiger partial charge in [-0.05, 0) is 24.3 Å². The van der Waals surface area contributed by atoms with Crippen molar-refractivity contribution in [2.24, 2.45) is 11.7 Å². The molecule has 0 spiro atoms. The van der Waals surface area contributed by atoms with Gasteiger partial charge in [-0.1, -0.05) is 37.3 Å². The molecular formula is C15H22N2O. The maximum Gasteiger partial charge on any atom is 0.226 e. The molecule has 1 saturated carbocycles. The summed E-state index contributed by atoms with van der Waals surface area (Å²) in [5.41, 5.74) is 6.86. The van der Waals surface area contributed by atoms with E-state index in [1.807, 2.05) is 23.1 Å². The Bertz CT molecular complexity index is 385. The molecule has 0 aromatic heterocycles. The van der Waals surface area contributed by atoms with E-state index in [-0.39, 0.29) is 11.8 Å². The van der Waals surface area contributed by atoms with Crippen molar-refractivity contribution in [2.75, 3.05) is 19.6 Å². The zero-order valence-corrected chi connectivity index (χ0v) is 11.0. The third-order valence-corrected chi connectivity index (χ3v) is 3.54. The van der Waals surface area contributed by atoms with E-state index in [1.165, 1.54) is 5.56 Å². The maximum atomic E-state index is 12.3. The molecule has 0 heterocycles. The molecular weight excluding hydrogens is 224 g/mol. The molecule has 0 radical (unpaired) electrons. The van der Waals surface area contributed by atoms with Crippen LogP contribution in [0.15, 0.2) is 30.3 Å². The van der Waals surface area contributed by atoms with Gasteiger partial charge in [0, 0.05) is 25.6 Å². The van der Waals surface area contributed by atoms with Gasteiger partial charge < -0.3 is 10.6 Å². The third kappa shape index (κ3) is 2.91. The summed E-state index contributed by atoms with van der Waals surface area (Å²) in [7, 11) is 0. The Morgan fingerprint density at radius 1 is 1.33 bits per heavy atom. The smallest absolute Gasteiger partial charge is 0.226 e. The van der Waals surface area contributed by atoms with E-state index < -0.39 is 0 Å². The van der Waals surface area contributed by atoms with Crippen molar-refractivity contribution in [3.05, 3.63) is 35.9 Å². The lowest BCUT2D eigenvalue weighted by Gasteiger charge is -2.21. The summed E-state index contributed by atoms with van der Waals surface area (Å²) in [5, 5.41) is 0. The van der Waals surface area contributed by atoms with Crippen LogP contribution >= 0.6 is 0 Å². The topological polar surface area (TPSA) is 46.3 Å². The minimum Gasteiger partial charge on any atom is -0.341 e. The first-order valence-corrected chi connectivity index (χ1v) is 6.81. The molecule has 1 aromatic rings. The number of carbonyl (C=O) groups excluding carboxylic acids is 1. The first kappa shape index (κ1) is 13.1. The molecule has 0 saturated heterocycles. The number of hydrogen-bond acceptors (Lipinski definition) is 2. The van der Waals surface area contributed by atoms with E-state index in [4.69, 9.17) is 5.73 Å². The van der Waals surface area contributed by atoms with Crippen molar-refractivity contribution >= 4 is 5.91 Å². The molecule has 1 aliphatic carbocycles. The van der Waals surface area contributed by atoms with Gasteiger partial charge in [0.2, 0.25) is 5.91 Å². The average Bonchev–Trinajstić information content (AvgIpc) is 3.19. The van der Waals surface area contributed by atoms with E-state index >= 15 is 0 Å². The van der Waals surface area contributed by atoms with Crippen LogP contribution in [-0.4, -0.2) is 30.4 Å². The Kier molecular flexibility index (Phi) is 4.37. The van der Waals surface area contributed by atoms with Crippen molar-refractivity contribution in [1.82, 2.24) is 4.90 Å². The van der Waals surface area contributed by atoms with Gasteiger partial charge in [-0.25, -0.2) is 0 Å². The number of carbonyl (C=O) groups is 1. The Morgan fingerprint density at radius 2 is 2.06 bits per heavy atom. The van der Waals surface area contributed by atoms with Crippen LogP contribution in [0.4, 0.5) is 0 Å². The predicted molar refractivity (Wildman–Crippen MR) is 73.2 cm³/mol. The van der Waals surface area contributed by atoms with Gasteiger partial charge in [-0.15, -0.1) is 0 Å². The van der Waals surface area contributed by atoms with Crippen molar-refractivity contribution in [3.8, 4) is 0 Å². The van der Waals surface area contributed by atoms with Crippen molar-refractivity contribution < 1.29 is 4.79 Å². The minimum atomic E-state index is 0.186. The van der Waals surface area contributed by atoms with Gasteiger partial charge in [0.25, 0.3) is 0 Å².